The van der Waals surface area contributed by atoms with Crippen LogP contribution in [0, 0.1) is 11.3 Å². The second-order valence-electron chi connectivity index (χ2n) is 2.48. The van der Waals surface area contributed by atoms with E-state index >= 15 is 0 Å². The number of pyridine rings is 1. The van der Waals surface area contributed by atoms with Gasteiger partial charge in [0.1, 0.15) is 6.07 Å². The Bertz CT molecular complexity index is 510. The molecule has 0 saturated heterocycles. The summed E-state index contributed by atoms with van der Waals surface area (Å²) in [4.78, 5) is 3.98. The van der Waals surface area contributed by atoms with E-state index in [1.807, 2.05) is 6.07 Å². The molecule has 2 aromatic heterocycles. The molecule has 2 heterocycles. The molecule has 0 radical (unpaired) electrons. The largest absolute Gasteiger partial charge is 0.303 e. The second kappa shape index (κ2) is 2.91. The fraction of sp³-hybridized carbons (Fsp3) is 0. The molecule has 0 unspecified atom stereocenters. The molecule has 3 nitrogen and oxygen atoms in total. The van der Waals surface area contributed by atoms with Crippen molar-refractivity contribution in [3.8, 4) is 6.07 Å². The summed E-state index contributed by atoms with van der Waals surface area (Å²) in [6, 6.07) is 3.52. The van der Waals surface area contributed by atoms with E-state index in [4.69, 9.17) is 28.5 Å². The highest BCUT2D eigenvalue weighted by Crippen LogP contribution is 2.21. The van der Waals surface area contributed by atoms with Crippen molar-refractivity contribution in [3.63, 3.8) is 0 Å². The summed E-state index contributed by atoms with van der Waals surface area (Å²) in [5.41, 5.74) is 0.867. The van der Waals surface area contributed by atoms with Crippen LogP contribution in [-0.2, 0) is 0 Å². The summed E-state index contributed by atoms with van der Waals surface area (Å²) in [6.07, 6.45) is 3.23. The number of hydrogen-bond donors (Lipinski definition) is 0. The quantitative estimate of drug-likeness (QED) is 0.673. The van der Waals surface area contributed by atoms with Gasteiger partial charge in [0.2, 0.25) is 0 Å². The van der Waals surface area contributed by atoms with Gasteiger partial charge in [-0.15, -0.1) is 0 Å². The van der Waals surface area contributed by atoms with Gasteiger partial charge in [-0.05, 0) is 6.07 Å². The smallest absolute Gasteiger partial charge is 0.159 e. The summed E-state index contributed by atoms with van der Waals surface area (Å²) < 4.78 is 1.63. The lowest BCUT2D eigenvalue weighted by atomic mass is 10.5. The van der Waals surface area contributed by atoms with Crippen LogP contribution in [0.25, 0.3) is 5.65 Å². The van der Waals surface area contributed by atoms with E-state index in [0.29, 0.717) is 21.4 Å². The van der Waals surface area contributed by atoms with Crippen molar-refractivity contribution in [2.45, 2.75) is 0 Å². The van der Waals surface area contributed by atoms with Gasteiger partial charge in [0.15, 0.2) is 11.3 Å². The maximum Gasteiger partial charge on any atom is 0.159 e. The minimum Gasteiger partial charge on any atom is -0.303 e. The number of fused-ring (bicyclic) bond motifs is 1. The molecule has 0 aliphatic rings. The van der Waals surface area contributed by atoms with Gasteiger partial charge in [0.25, 0.3) is 0 Å². The number of imidazole rings is 1. The molecule has 0 saturated carbocycles. The Morgan fingerprint density at radius 1 is 1.38 bits per heavy atom. The molecule has 5 heteroatoms. The molecule has 0 N–H and O–H groups in total. The van der Waals surface area contributed by atoms with Crippen LogP contribution < -0.4 is 0 Å². The number of nitriles is 1. The molecule has 2 rings (SSSR count). The van der Waals surface area contributed by atoms with Gasteiger partial charge in [-0.25, -0.2) is 4.98 Å². The molecular formula is C8H3Cl2N3. The Hall–Kier alpha value is -1.24. The van der Waals surface area contributed by atoms with Crippen LogP contribution in [-0.4, -0.2) is 9.38 Å². The monoisotopic (exact) mass is 211 g/mol. The molecule has 0 aliphatic heterocycles. The van der Waals surface area contributed by atoms with E-state index < -0.39 is 0 Å². The average Bonchev–Trinajstić information content (AvgIpc) is 2.47. The van der Waals surface area contributed by atoms with E-state index in [-0.39, 0.29) is 0 Å². The molecule has 0 fully saturated rings. The fourth-order valence-electron chi connectivity index (χ4n) is 1.08. The minimum atomic E-state index is 0.323. The lowest BCUT2D eigenvalue weighted by Gasteiger charge is -1.95. The first-order chi connectivity index (χ1) is 6.20. The zero-order chi connectivity index (χ0) is 9.42. The van der Waals surface area contributed by atoms with Gasteiger partial charge in [-0.2, -0.15) is 5.26 Å². The molecular weight excluding hydrogens is 209 g/mol. The predicted octanol–water partition coefficient (Wildman–Crippen LogP) is 2.51. The highest BCUT2D eigenvalue weighted by molar-refractivity contribution is 6.36. The Kier molecular flexibility index (Phi) is 1.87. The summed E-state index contributed by atoms with van der Waals surface area (Å²) in [7, 11) is 0. The van der Waals surface area contributed by atoms with Crippen LogP contribution in [0.3, 0.4) is 0 Å². The van der Waals surface area contributed by atoms with E-state index in [1.54, 1.807) is 22.9 Å². The predicted molar refractivity (Wildman–Crippen MR) is 49.9 cm³/mol. The van der Waals surface area contributed by atoms with Gasteiger partial charge < -0.3 is 4.40 Å². The van der Waals surface area contributed by atoms with Crippen LogP contribution in [0.15, 0.2) is 18.5 Å². The summed E-state index contributed by atoms with van der Waals surface area (Å²) in [6.45, 7) is 0. The van der Waals surface area contributed by atoms with E-state index in [0.717, 1.165) is 0 Å². The lowest BCUT2D eigenvalue weighted by Crippen LogP contribution is -1.82. The third-order valence-corrected chi connectivity index (χ3v) is 2.07. The number of hydrogen-bond acceptors (Lipinski definition) is 2. The fourth-order valence-corrected chi connectivity index (χ4v) is 1.61. The maximum atomic E-state index is 8.60. The maximum absolute atomic E-state index is 8.60. The third kappa shape index (κ3) is 1.35. The number of aromatic nitrogens is 2. The molecule has 0 spiro atoms. The van der Waals surface area contributed by atoms with Crippen molar-refractivity contribution in [1.29, 1.82) is 5.26 Å². The zero-order valence-corrected chi connectivity index (χ0v) is 7.84. The Labute approximate surface area is 84.1 Å². The first-order valence-electron chi connectivity index (χ1n) is 3.44. The van der Waals surface area contributed by atoms with Crippen LogP contribution in [0.4, 0.5) is 0 Å². The number of rotatable bonds is 0. The van der Waals surface area contributed by atoms with E-state index in [2.05, 4.69) is 4.98 Å². The van der Waals surface area contributed by atoms with Crippen molar-refractivity contribution in [2.75, 3.05) is 0 Å². The average molecular weight is 212 g/mol. The van der Waals surface area contributed by atoms with Crippen molar-refractivity contribution in [2.24, 2.45) is 0 Å². The minimum absolute atomic E-state index is 0.323. The third-order valence-electron chi connectivity index (χ3n) is 1.59. The van der Waals surface area contributed by atoms with Crippen LogP contribution in [0.2, 0.25) is 10.0 Å². The first kappa shape index (κ1) is 8.36. The van der Waals surface area contributed by atoms with Gasteiger partial charge >= 0.3 is 0 Å². The molecule has 0 bridgehead atoms. The van der Waals surface area contributed by atoms with Gasteiger partial charge in [-0.1, -0.05) is 23.2 Å². The van der Waals surface area contributed by atoms with Gasteiger partial charge in [0.05, 0.1) is 10.0 Å². The Morgan fingerprint density at radius 2 is 2.15 bits per heavy atom. The highest BCUT2D eigenvalue weighted by Gasteiger charge is 2.05. The highest BCUT2D eigenvalue weighted by atomic mass is 35.5. The van der Waals surface area contributed by atoms with Gasteiger partial charge in [0, 0.05) is 12.4 Å². The molecule has 2 aromatic rings. The summed E-state index contributed by atoms with van der Waals surface area (Å²) >= 11 is 11.6. The van der Waals surface area contributed by atoms with Crippen LogP contribution in [0.5, 0.6) is 0 Å². The molecule has 0 aromatic carbocycles. The summed E-state index contributed by atoms with van der Waals surface area (Å²) in [5.74, 6) is 0. The van der Waals surface area contributed by atoms with E-state index in [1.165, 1.54) is 0 Å². The van der Waals surface area contributed by atoms with Crippen molar-refractivity contribution < 1.29 is 0 Å². The van der Waals surface area contributed by atoms with Crippen LogP contribution >= 0.6 is 23.2 Å². The molecule has 0 amide bonds. The molecule has 0 aliphatic carbocycles. The Balaban J connectivity index is 2.84. The molecule has 64 valence electrons. The van der Waals surface area contributed by atoms with Crippen molar-refractivity contribution in [1.82, 2.24) is 9.38 Å². The lowest BCUT2D eigenvalue weighted by molar-refractivity contribution is 1.19. The normalized spacial score (nSPS) is 10.2. The zero-order valence-electron chi connectivity index (χ0n) is 6.33. The number of nitrogens with zero attached hydrogens (tertiary/aromatic N) is 3. The van der Waals surface area contributed by atoms with Gasteiger partial charge in [-0.3, -0.25) is 0 Å². The van der Waals surface area contributed by atoms with Crippen LogP contribution in [0.1, 0.15) is 5.69 Å². The second-order valence-corrected chi connectivity index (χ2v) is 3.32. The molecule has 0 atom stereocenters. The van der Waals surface area contributed by atoms with E-state index in [9.17, 15) is 0 Å². The summed E-state index contributed by atoms with van der Waals surface area (Å²) in [5, 5.41) is 9.55. The Morgan fingerprint density at radius 3 is 2.85 bits per heavy atom. The molecule has 13 heavy (non-hydrogen) atoms. The number of halogens is 2. The topological polar surface area (TPSA) is 41.1 Å². The van der Waals surface area contributed by atoms with Crippen molar-refractivity contribution >= 4 is 28.8 Å². The van der Waals surface area contributed by atoms with Crippen molar-refractivity contribution in [3.05, 3.63) is 34.2 Å². The first-order valence-corrected chi connectivity index (χ1v) is 4.20. The standard InChI is InChI=1S/C8H3Cl2N3/c9-5-1-7(10)8-12-6(2-11)4-13(8)3-5/h1,3-4H. The SMILES string of the molecule is N#Cc1cn2cc(Cl)cc(Cl)c2n1.